The van der Waals surface area contributed by atoms with Gasteiger partial charge in [0.25, 0.3) is 5.56 Å². The molecule has 0 amide bonds. The summed E-state index contributed by atoms with van der Waals surface area (Å²) in [4.78, 5) is 32.1. The Morgan fingerprint density at radius 1 is 1.22 bits per heavy atom. The summed E-state index contributed by atoms with van der Waals surface area (Å²) in [5, 5.41) is 1.46. The zero-order valence-corrected chi connectivity index (χ0v) is 22.2. The number of nitrogens with zero attached hydrogens (tertiary/aromatic N) is 3. The Hall–Kier alpha value is -3.86. The minimum atomic E-state index is -0.755. The van der Waals surface area contributed by atoms with Crippen LogP contribution in [0.5, 0.6) is 0 Å². The lowest BCUT2D eigenvalue weighted by Gasteiger charge is -2.25. The van der Waals surface area contributed by atoms with Crippen molar-refractivity contribution in [3.63, 3.8) is 0 Å². The van der Waals surface area contributed by atoms with Gasteiger partial charge in [0.05, 0.1) is 29.0 Å². The smallest absolute Gasteiger partial charge is 0.338 e. The minimum absolute atomic E-state index is 0.205. The van der Waals surface area contributed by atoms with Crippen LogP contribution < -0.4 is 14.9 Å². The Morgan fingerprint density at radius 3 is 2.68 bits per heavy atom. The molecule has 0 bridgehead atoms. The molecule has 2 aromatic carbocycles. The zero-order chi connectivity index (χ0) is 26.3. The summed E-state index contributed by atoms with van der Waals surface area (Å²) in [6.07, 6.45) is 7.52. The summed E-state index contributed by atoms with van der Waals surface area (Å²) in [6.45, 7) is 6.12. The first kappa shape index (κ1) is 24.8. The van der Waals surface area contributed by atoms with Crippen LogP contribution in [0.2, 0.25) is 5.02 Å². The zero-order valence-electron chi connectivity index (χ0n) is 20.6. The fourth-order valence-electron chi connectivity index (χ4n) is 4.85. The number of carbonyl (C=O) groups is 1. The molecule has 0 aliphatic carbocycles. The Labute approximate surface area is 222 Å². The van der Waals surface area contributed by atoms with Gasteiger partial charge >= 0.3 is 5.97 Å². The van der Waals surface area contributed by atoms with E-state index < -0.39 is 12.0 Å². The predicted molar refractivity (Wildman–Crippen MR) is 147 cm³/mol. The second-order valence-corrected chi connectivity index (χ2v) is 10.0. The largest absolute Gasteiger partial charge is 0.463 e. The van der Waals surface area contributed by atoms with Crippen LogP contribution in [0, 0.1) is 19.3 Å². The molecule has 2 aromatic heterocycles. The van der Waals surface area contributed by atoms with Crippen LogP contribution in [-0.2, 0) is 16.1 Å². The SMILES string of the molecule is C#CCn1c(C)c(/C=c2\sc3n(c2=O)[C@H](c2ccccc2Cl)C(C(=O)OCC)=C(C)N=3)c2ccccc21. The van der Waals surface area contributed by atoms with Gasteiger partial charge in [-0.05, 0) is 44.5 Å². The topological polar surface area (TPSA) is 65.6 Å². The molecular formula is C29H24ClN3O3S. The van der Waals surface area contributed by atoms with Crippen LogP contribution in [0.25, 0.3) is 17.0 Å². The highest BCUT2D eigenvalue weighted by molar-refractivity contribution is 7.07. The highest BCUT2D eigenvalue weighted by Gasteiger charge is 2.34. The maximum absolute atomic E-state index is 14.0. The van der Waals surface area contributed by atoms with Crippen molar-refractivity contribution in [1.29, 1.82) is 0 Å². The van der Waals surface area contributed by atoms with Gasteiger partial charge in [0.15, 0.2) is 4.80 Å². The van der Waals surface area contributed by atoms with Crippen molar-refractivity contribution >= 4 is 45.9 Å². The normalized spacial score (nSPS) is 15.4. The molecule has 186 valence electrons. The second kappa shape index (κ2) is 9.89. The van der Waals surface area contributed by atoms with Gasteiger partial charge in [-0.2, -0.15) is 0 Å². The Morgan fingerprint density at radius 2 is 1.95 bits per heavy atom. The highest BCUT2D eigenvalue weighted by atomic mass is 35.5. The average molecular weight is 530 g/mol. The van der Waals surface area contributed by atoms with E-state index in [1.54, 1.807) is 24.5 Å². The van der Waals surface area contributed by atoms with E-state index in [2.05, 4.69) is 15.5 Å². The van der Waals surface area contributed by atoms with E-state index in [9.17, 15) is 9.59 Å². The molecule has 0 saturated carbocycles. The quantitative estimate of drug-likeness (QED) is 0.285. The van der Waals surface area contributed by atoms with E-state index in [0.29, 0.717) is 37.7 Å². The van der Waals surface area contributed by atoms with Crippen molar-refractivity contribution in [3.05, 3.63) is 101 Å². The number of halogens is 1. The number of rotatable bonds is 5. The summed E-state index contributed by atoms with van der Waals surface area (Å²) in [7, 11) is 0. The first-order chi connectivity index (χ1) is 17.9. The third-order valence-corrected chi connectivity index (χ3v) is 7.85. The van der Waals surface area contributed by atoms with Crippen molar-refractivity contribution < 1.29 is 9.53 Å². The number of thiazole rings is 1. The summed E-state index contributed by atoms with van der Waals surface area (Å²) >= 11 is 7.86. The minimum Gasteiger partial charge on any atom is -0.463 e. The molecular weight excluding hydrogens is 506 g/mol. The van der Waals surface area contributed by atoms with Crippen LogP contribution in [0.4, 0.5) is 0 Å². The van der Waals surface area contributed by atoms with Gasteiger partial charge in [-0.1, -0.05) is 65.3 Å². The summed E-state index contributed by atoms with van der Waals surface area (Å²) in [5.41, 5.74) is 4.08. The van der Waals surface area contributed by atoms with E-state index in [1.165, 1.54) is 11.3 Å². The molecule has 3 heterocycles. The van der Waals surface area contributed by atoms with Gasteiger partial charge in [-0.15, -0.1) is 6.42 Å². The van der Waals surface area contributed by atoms with Crippen molar-refractivity contribution in [2.24, 2.45) is 4.99 Å². The lowest BCUT2D eigenvalue weighted by Crippen LogP contribution is -2.40. The highest BCUT2D eigenvalue weighted by Crippen LogP contribution is 2.34. The van der Waals surface area contributed by atoms with Crippen molar-refractivity contribution in [1.82, 2.24) is 9.13 Å². The number of terminal acetylenes is 1. The van der Waals surface area contributed by atoms with E-state index >= 15 is 0 Å². The Bertz CT molecular complexity index is 1820. The Kier molecular flexibility index (Phi) is 6.63. The molecule has 1 aliphatic heterocycles. The molecule has 0 saturated heterocycles. The lowest BCUT2D eigenvalue weighted by atomic mass is 9.96. The molecule has 0 radical (unpaired) electrons. The van der Waals surface area contributed by atoms with Gasteiger partial charge in [0.1, 0.15) is 6.04 Å². The number of fused-ring (bicyclic) bond motifs is 2. The molecule has 0 spiro atoms. The third kappa shape index (κ3) is 4.12. The van der Waals surface area contributed by atoms with Crippen molar-refractivity contribution in [2.45, 2.75) is 33.4 Å². The number of hydrogen-bond acceptors (Lipinski definition) is 5. The van der Waals surface area contributed by atoms with Crippen molar-refractivity contribution in [2.75, 3.05) is 6.61 Å². The monoisotopic (exact) mass is 529 g/mol. The molecule has 6 nitrogen and oxygen atoms in total. The predicted octanol–water partition coefficient (Wildman–Crippen LogP) is 4.35. The number of aromatic nitrogens is 2. The average Bonchev–Trinajstić information content (AvgIpc) is 3.33. The maximum atomic E-state index is 14.0. The van der Waals surface area contributed by atoms with Gasteiger partial charge in [-0.3, -0.25) is 9.36 Å². The second-order valence-electron chi connectivity index (χ2n) is 8.63. The number of esters is 1. The lowest BCUT2D eigenvalue weighted by molar-refractivity contribution is -0.139. The number of para-hydroxylation sites is 1. The first-order valence-corrected chi connectivity index (χ1v) is 13.0. The Balaban J connectivity index is 1.79. The number of hydrogen-bond donors (Lipinski definition) is 0. The number of ether oxygens (including phenoxy) is 1. The van der Waals surface area contributed by atoms with Gasteiger partial charge in [0.2, 0.25) is 0 Å². The standard InChI is InChI=1S/C29H24ClN3O3S/c1-5-15-32-18(4)21(19-11-8-10-14-23(19)32)16-24-27(34)33-26(20-12-7-9-13-22(20)30)25(28(35)36-6-2)17(3)31-29(33)37-24/h1,7-14,16,26H,6,15H2,2-4H3/b24-16-/t26-/m1/s1. The van der Waals surface area contributed by atoms with Crippen LogP contribution in [0.1, 0.15) is 36.7 Å². The number of benzene rings is 2. The number of carbonyl (C=O) groups excluding carboxylic acids is 1. The van der Waals surface area contributed by atoms with Crippen LogP contribution in [-0.4, -0.2) is 21.7 Å². The molecule has 5 rings (SSSR count). The maximum Gasteiger partial charge on any atom is 0.338 e. The fraction of sp³-hybridized carbons (Fsp3) is 0.207. The summed E-state index contributed by atoms with van der Waals surface area (Å²) in [6, 6.07) is 14.4. The fourth-order valence-corrected chi connectivity index (χ4v) is 6.12. The molecule has 0 N–H and O–H groups in total. The van der Waals surface area contributed by atoms with E-state index in [4.69, 9.17) is 22.8 Å². The molecule has 4 aromatic rings. The summed E-state index contributed by atoms with van der Waals surface area (Å²) in [5.74, 6) is 2.20. The van der Waals surface area contributed by atoms with Crippen LogP contribution >= 0.6 is 22.9 Å². The van der Waals surface area contributed by atoms with E-state index in [-0.39, 0.29) is 12.2 Å². The molecule has 37 heavy (non-hydrogen) atoms. The molecule has 1 atom stereocenters. The van der Waals surface area contributed by atoms with Gasteiger partial charge in [-0.25, -0.2) is 9.79 Å². The molecule has 8 heteroatoms. The van der Waals surface area contributed by atoms with Crippen LogP contribution in [0.3, 0.4) is 0 Å². The van der Waals surface area contributed by atoms with Crippen molar-refractivity contribution in [3.8, 4) is 12.3 Å². The van der Waals surface area contributed by atoms with Gasteiger partial charge in [0, 0.05) is 27.2 Å². The molecule has 1 aliphatic rings. The van der Waals surface area contributed by atoms with Crippen LogP contribution in [0.15, 0.2) is 69.6 Å². The first-order valence-electron chi connectivity index (χ1n) is 11.8. The molecule has 0 fully saturated rings. The van der Waals surface area contributed by atoms with Gasteiger partial charge < -0.3 is 9.30 Å². The van der Waals surface area contributed by atoms with E-state index in [1.807, 2.05) is 55.5 Å². The third-order valence-electron chi connectivity index (χ3n) is 6.52. The number of allylic oxidation sites excluding steroid dienone is 1. The summed E-state index contributed by atoms with van der Waals surface area (Å²) < 4.78 is 9.46. The molecule has 0 unspecified atom stereocenters. The van der Waals surface area contributed by atoms with E-state index in [0.717, 1.165) is 22.2 Å².